The van der Waals surface area contributed by atoms with E-state index in [9.17, 15) is 9.59 Å². The van der Waals surface area contributed by atoms with Crippen molar-refractivity contribution in [2.24, 2.45) is 0 Å². The molecule has 0 unspecified atom stereocenters. The summed E-state index contributed by atoms with van der Waals surface area (Å²) in [6.45, 7) is 5.43. The van der Waals surface area contributed by atoms with Gasteiger partial charge in [-0.3, -0.25) is 10.1 Å². The summed E-state index contributed by atoms with van der Waals surface area (Å²) in [5, 5.41) is 6.24. The number of carbonyl (C=O) groups is 2. The van der Waals surface area contributed by atoms with Crippen LogP contribution in [0, 0.1) is 13.8 Å². The van der Waals surface area contributed by atoms with Crippen LogP contribution in [0.3, 0.4) is 0 Å². The molecule has 0 fully saturated rings. The first-order valence-electron chi connectivity index (χ1n) is 6.54. The number of hydrogen-bond donors (Lipinski definition) is 1. The summed E-state index contributed by atoms with van der Waals surface area (Å²) >= 11 is 0. The number of aryl methyl sites for hydroxylation is 2. The van der Waals surface area contributed by atoms with Gasteiger partial charge in [0.05, 0.1) is 12.3 Å². The minimum absolute atomic E-state index is 0.00236. The molecule has 0 saturated heterocycles. The Bertz CT molecular complexity index is 676. The largest absolute Gasteiger partial charge is 0.462 e. The molecule has 110 valence electrons. The normalized spacial score (nSPS) is 10.2. The van der Waals surface area contributed by atoms with Gasteiger partial charge in [0.25, 0.3) is 5.91 Å². The van der Waals surface area contributed by atoms with Crippen LogP contribution in [-0.2, 0) is 4.74 Å². The second kappa shape index (κ2) is 6.21. The van der Waals surface area contributed by atoms with Crippen LogP contribution in [-0.4, -0.2) is 23.6 Å². The van der Waals surface area contributed by atoms with Crippen LogP contribution in [0.1, 0.15) is 38.9 Å². The van der Waals surface area contributed by atoms with E-state index in [1.54, 1.807) is 32.0 Å². The maximum atomic E-state index is 12.2. The number of esters is 1. The first kappa shape index (κ1) is 14.8. The molecule has 0 aliphatic heterocycles. The number of anilines is 1. The molecule has 1 heterocycles. The van der Waals surface area contributed by atoms with E-state index in [0.29, 0.717) is 11.3 Å². The van der Waals surface area contributed by atoms with Crippen molar-refractivity contribution in [2.45, 2.75) is 20.8 Å². The molecule has 1 aromatic heterocycles. The molecule has 0 radical (unpaired) electrons. The highest BCUT2D eigenvalue weighted by atomic mass is 16.5. The van der Waals surface area contributed by atoms with Gasteiger partial charge in [-0.15, -0.1) is 0 Å². The third kappa shape index (κ3) is 3.28. The molecular weight excluding hydrogens is 272 g/mol. The number of benzene rings is 1. The fourth-order valence-electron chi connectivity index (χ4n) is 1.86. The lowest BCUT2D eigenvalue weighted by Crippen LogP contribution is -2.15. The zero-order chi connectivity index (χ0) is 15.4. The molecule has 1 N–H and O–H groups in total. The van der Waals surface area contributed by atoms with Crippen LogP contribution in [0.15, 0.2) is 28.8 Å². The number of rotatable bonds is 4. The quantitative estimate of drug-likeness (QED) is 0.875. The molecular formula is C15H16N2O4. The Balaban J connectivity index is 2.24. The second-order valence-electron chi connectivity index (χ2n) is 4.52. The first-order valence-corrected chi connectivity index (χ1v) is 6.54. The third-order valence-corrected chi connectivity index (χ3v) is 2.85. The molecule has 1 aromatic carbocycles. The fourth-order valence-corrected chi connectivity index (χ4v) is 1.86. The van der Waals surface area contributed by atoms with Crippen molar-refractivity contribution in [3.8, 4) is 0 Å². The Morgan fingerprint density at radius 2 is 2.10 bits per heavy atom. The highest BCUT2D eigenvalue weighted by Gasteiger charge is 2.23. The van der Waals surface area contributed by atoms with Crippen LogP contribution >= 0.6 is 0 Å². The van der Waals surface area contributed by atoms with Crippen molar-refractivity contribution in [3.63, 3.8) is 0 Å². The van der Waals surface area contributed by atoms with E-state index in [-0.39, 0.29) is 24.0 Å². The van der Waals surface area contributed by atoms with Crippen molar-refractivity contribution in [3.05, 3.63) is 46.6 Å². The van der Waals surface area contributed by atoms with Gasteiger partial charge in [-0.2, -0.15) is 0 Å². The average Bonchev–Trinajstić information content (AvgIpc) is 2.80. The van der Waals surface area contributed by atoms with Crippen LogP contribution < -0.4 is 5.32 Å². The molecule has 21 heavy (non-hydrogen) atoms. The Labute approximate surface area is 122 Å². The number of carbonyl (C=O) groups excluding carboxylic acids is 2. The van der Waals surface area contributed by atoms with E-state index < -0.39 is 5.97 Å². The smallest absolute Gasteiger partial charge is 0.345 e. The highest BCUT2D eigenvalue weighted by molar-refractivity contribution is 6.07. The minimum atomic E-state index is -0.573. The Hall–Kier alpha value is -2.63. The lowest BCUT2D eigenvalue weighted by atomic mass is 10.1. The third-order valence-electron chi connectivity index (χ3n) is 2.85. The Morgan fingerprint density at radius 3 is 2.76 bits per heavy atom. The van der Waals surface area contributed by atoms with E-state index in [4.69, 9.17) is 9.26 Å². The van der Waals surface area contributed by atoms with Crippen molar-refractivity contribution in [2.75, 3.05) is 11.9 Å². The molecule has 6 heteroatoms. The molecule has 0 aliphatic carbocycles. The SMILES string of the molecule is CCOC(=O)c1c(C)noc1NC(=O)c1cccc(C)c1. The van der Waals surface area contributed by atoms with E-state index in [0.717, 1.165) is 5.56 Å². The number of ether oxygens (including phenoxy) is 1. The van der Waals surface area contributed by atoms with Gasteiger partial charge < -0.3 is 9.26 Å². The standard InChI is InChI=1S/C15H16N2O4/c1-4-20-15(19)12-10(3)17-21-14(12)16-13(18)11-7-5-6-9(2)8-11/h5-8H,4H2,1-3H3,(H,16,18). The predicted octanol–water partition coefficient (Wildman–Crippen LogP) is 2.72. The summed E-state index contributed by atoms with van der Waals surface area (Å²) in [7, 11) is 0. The van der Waals surface area contributed by atoms with Gasteiger partial charge in [-0.1, -0.05) is 22.9 Å². The summed E-state index contributed by atoms with van der Waals surface area (Å²) in [4.78, 5) is 24.0. The first-order chi connectivity index (χ1) is 10.0. The zero-order valence-corrected chi connectivity index (χ0v) is 12.1. The summed E-state index contributed by atoms with van der Waals surface area (Å²) in [5.74, 6) is -0.950. The number of hydrogen-bond acceptors (Lipinski definition) is 5. The molecule has 1 amide bonds. The van der Waals surface area contributed by atoms with Crippen LogP contribution in [0.5, 0.6) is 0 Å². The van der Waals surface area contributed by atoms with Crippen molar-refractivity contribution in [1.82, 2.24) is 5.16 Å². The van der Waals surface area contributed by atoms with Crippen LogP contribution in [0.2, 0.25) is 0 Å². The molecule has 0 spiro atoms. The zero-order valence-electron chi connectivity index (χ0n) is 12.1. The topological polar surface area (TPSA) is 81.4 Å². The van der Waals surface area contributed by atoms with Crippen molar-refractivity contribution < 1.29 is 18.8 Å². The maximum Gasteiger partial charge on any atom is 0.345 e. The predicted molar refractivity (Wildman–Crippen MR) is 76.3 cm³/mol. The molecule has 0 saturated carbocycles. The maximum absolute atomic E-state index is 12.2. The summed E-state index contributed by atoms with van der Waals surface area (Å²) < 4.78 is 9.93. The number of nitrogens with zero attached hydrogens (tertiary/aromatic N) is 1. The van der Waals surface area contributed by atoms with E-state index in [1.807, 2.05) is 13.0 Å². The van der Waals surface area contributed by atoms with Gasteiger partial charge in [0, 0.05) is 5.56 Å². The summed E-state index contributed by atoms with van der Waals surface area (Å²) in [6.07, 6.45) is 0. The van der Waals surface area contributed by atoms with Gasteiger partial charge in [0.15, 0.2) is 0 Å². The molecule has 0 bridgehead atoms. The number of nitrogens with one attached hydrogen (secondary N) is 1. The van der Waals surface area contributed by atoms with Gasteiger partial charge in [-0.05, 0) is 32.9 Å². The van der Waals surface area contributed by atoms with Gasteiger partial charge in [-0.25, -0.2) is 4.79 Å². The van der Waals surface area contributed by atoms with Crippen molar-refractivity contribution >= 4 is 17.8 Å². The van der Waals surface area contributed by atoms with E-state index >= 15 is 0 Å². The van der Waals surface area contributed by atoms with Crippen LogP contribution in [0.25, 0.3) is 0 Å². The highest BCUT2D eigenvalue weighted by Crippen LogP contribution is 2.21. The van der Waals surface area contributed by atoms with Gasteiger partial charge in [0.1, 0.15) is 5.56 Å². The molecule has 0 aliphatic rings. The summed E-state index contributed by atoms with van der Waals surface area (Å²) in [6, 6.07) is 7.08. The Morgan fingerprint density at radius 1 is 1.33 bits per heavy atom. The second-order valence-corrected chi connectivity index (χ2v) is 4.52. The number of amides is 1. The summed E-state index contributed by atoms with van der Waals surface area (Å²) in [5.41, 5.74) is 1.94. The van der Waals surface area contributed by atoms with E-state index in [2.05, 4.69) is 10.5 Å². The van der Waals surface area contributed by atoms with E-state index in [1.165, 1.54) is 0 Å². The number of aromatic nitrogens is 1. The van der Waals surface area contributed by atoms with Crippen LogP contribution in [0.4, 0.5) is 5.88 Å². The minimum Gasteiger partial charge on any atom is -0.462 e. The average molecular weight is 288 g/mol. The van der Waals surface area contributed by atoms with Gasteiger partial charge >= 0.3 is 5.97 Å². The molecule has 6 nitrogen and oxygen atoms in total. The molecule has 2 rings (SSSR count). The monoisotopic (exact) mass is 288 g/mol. The lowest BCUT2D eigenvalue weighted by Gasteiger charge is -2.05. The lowest BCUT2D eigenvalue weighted by molar-refractivity contribution is 0.0526. The molecule has 0 atom stereocenters. The Kier molecular flexibility index (Phi) is 4.37. The van der Waals surface area contributed by atoms with Gasteiger partial charge in [0.2, 0.25) is 5.88 Å². The molecule has 2 aromatic rings. The fraction of sp³-hybridized carbons (Fsp3) is 0.267. The van der Waals surface area contributed by atoms with Crippen molar-refractivity contribution in [1.29, 1.82) is 0 Å².